The first-order valence-corrected chi connectivity index (χ1v) is 12.1. The van der Waals surface area contributed by atoms with Crippen molar-refractivity contribution in [2.45, 2.75) is 38.1 Å². The monoisotopic (exact) mass is 457 g/mol. The summed E-state index contributed by atoms with van der Waals surface area (Å²) in [5.74, 6) is -0.309. The Kier molecular flexibility index (Phi) is 5.96. The topological polar surface area (TPSA) is 102 Å². The number of sulfonamides is 1. The molecule has 32 heavy (non-hydrogen) atoms. The highest BCUT2D eigenvalue weighted by Crippen LogP contribution is 2.35. The van der Waals surface area contributed by atoms with E-state index in [0.29, 0.717) is 24.6 Å². The predicted octanol–water partition coefficient (Wildman–Crippen LogP) is 3.25. The van der Waals surface area contributed by atoms with E-state index in [4.69, 9.17) is 4.74 Å². The highest BCUT2D eigenvalue weighted by molar-refractivity contribution is 7.89. The van der Waals surface area contributed by atoms with Crippen LogP contribution in [0.5, 0.6) is 5.75 Å². The zero-order valence-electron chi connectivity index (χ0n) is 18.4. The van der Waals surface area contributed by atoms with Crippen LogP contribution in [0.1, 0.15) is 31.1 Å². The van der Waals surface area contributed by atoms with Crippen LogP contribution in [-0.4, -0.2) is 53.3 Å². The molecule has 0 aliphatic carbocycles. The van der Waals surface area contributed by atoms with Gasteiger partial charge in [0.05, 0.1) is 35.2 Å². The molecule has 1 fully saturated rings. The van der Waals surface area contributed by atoms with Gasteiger partial charge < -0.3 is 9.84 Å². The fourth-order valence-corrected chi connectivity index (χ4v) is 5.98. The molecule has 1 aromatic heterocycles. The van der Waals surface area contributed by atoms with Crippen LogP contribution in [0.4, 0.5) is 0 Å². The molecule has 0 amide bonds. The van der Waals surface area contributed by atoms with Crippen LogP contribution in [0.3, 0.4) is 0 Å². The van der Waals surface area contributed by atoms with Gasteiger partial charge in [0, 0.05) is 18.5 Å². The predicted molar refractivity (Wildman–Crippen MR) is 120 cm³/mol. The first-order chi connectivity index (χ1) is 15.2. The lowest BCUT2D eigenvalue weighted by atomic mass is 10.1. The van der Waals surface area contributed by atoms with Gasteiger partial charge in [-0.2, -0.15) is 9.40 Å². The number of ether oxygens (including phenoxy) is 1. The summed E-state index contributed by atoms with van der Waals surface area (Å²) >= 11 is 0. The molecular weight excluding hydrogens is 430 g/mol. The molecule has 0 spiro atoms. The van der Waals surface area contributed by atoms with Crippen molar-refractivity contribution < 1.29 is 23.1 Å². The highest BCUT2D eigenvalue weighted by atomic mass is 32.2. The summed E-state index contributed by atoms with van der Waals surface area (Å²) in [6.07, 6.45) is -0.177. The standard InChI is InChI=1S/C23H27N3O5S/c1-4-31-17-8-10-18(11-9-17)32(29,30)25-13-16(3)21(14-25)26-20-7-5-6-15(2)23(20)19(24-26)12-22(27)28/h5-11,16,21H,4,12-14H2,1-3H3,(H,27,28)/t16-,21+/m1/s1. The molecule has 170 valence electrons. The first-order valence-electron chi connectivity index (χ1n) is 10.6. The Labute approximate surface area is 187 Å². The van der Waals surface area contributed by atoms with E-state index < -0.39 is 16.0 Å². The lowest BCUT2D eigenvalue weighted by molar-refractivity contribution is -0.136. The summed E-state index contributed by atoms with van der Waals surface area (Å²) in [7, 11) is -3.68. The normalized spacial score (nSPS) is 19.5. The second-order valence-electron chi connectivity index (χ2n) is 8.20. The third-order valence-corrected chi connectivity index (χ3v) is 7.80. The lowest BCUT2D eigenvalue weighted by Gasteiger charge is -2.18. The van der Waals surface area contributed by atoms with Gasteiger partial charge in [-0.15, -0.1) is 0 Å². The molecular formula is C23H27N3O5S. The Morgan fingerprint density at radius 1 is 1.19 bits per heavy atom. The van der Waals surface area contributed by atoms with E-state index in [0.717, 1.165) is 16.5 Å². The van der Waals surface area contributed by atoms with E-state index in [2.05, 4.69) is 5.10 Å². The molecule has 3 aromatic rings. The number of aliphatic carboxylic acids is 1. The quantitative estimate of drug-likeness (QED) is 0.584. The zero-order chi connectivity index (χ0) is 23.0. The molecule has 4 rings (SSSR count). The van der Waals surface area contributed by atoms with Gasteiger partial charge in [-0.05, 0) is 55.7 Å². The fourth-order valence-electron chi connectivity index (χ4n) is 4.42. The average molecular weight is 458 g/mol. The van der Waals surface area contributed by atoms with Crippen molar-refractivity contribution in [2.75, 3.05) is 19.7 Å². The smallest absolute Gasteiger partial charge is 0.309 e. The number of carbonyl (C=O) groups is 1. The summed E-state index contributed by atoms with van der Waals surface area (Å²) in [5.41, 5.74) is 2.29. The van der Waals surface area contributed by atoms with Crippen LogP contribution in [0, 0.1) is 12.8 Å². The molecule has 0 saturated carbocycles. The molecule has 0 bridgehead atoms. The van der Waals surface area contributed by atoms with Crippen LogP contribution in [0.25, 0.3) is 10.9 Å². The summed E-state index contributed by atoms with van der Waals surface area (Å²) in [4.78, 5) is 11.6. The Balaban J connectivity index is 1.67. The zero-order valence-corrected chi connectivity index (χ0v) is 19.2. The summed E-state index contributed by atoms with van der Waals surface area (Å²) in [5, 5.41) is 14.8. The van der Waals surface area contributed by atoms with Gasteiger partial charge in [0.1, 0.15) is 5.75 Å². The van der Waals surface area contributed by atoms with Crippen LogP contribution in [0.2, 0.25) is 0 Å². The second kappa shape index (κ2) is 8.55. The fraction of sp³-hybridized carbons (Fsp3) is 0.391. The Bertz CT molecular complexity index is 1250. The maximum atomic E-state index is 13.3. The molecule has 1 saturated heterocycles. The number of hydrogen-bond acceptors (Lipinski definition) is 5. The number of benzene rings is 2. The van der Waals surface area contributed by atoms with E-state index in [1.165, 1.54) is 4.31 Å². The van der Waals surface area contributed by atoms with Gasteiger partial charge in [-0.1, -0.05) is 19.1 Å². The Morgan fingerprint density at radius 2 is 1.91 bits per heavy atom. The van der Waals surface area contributed by atoms with E-state index in [1.807, 2.05) is 43.7 Å². The van der Waals surface area contributed by atoms with Crippen molar-refractivity contribution in [1.29, 1.82) is 0 Å². The molecule has 9 heteroatoms. The minimum Gasteiger partial charge on any atom is -0.494 e. The number of carboxylic acid groups (broad SMARTS) is 1. The average Bonchev–Trinajstić information content (AvgIpc) is 3.30. The largest absolute Gasteiger partial charge is 0.494 e. The minimum absolute atomic E-state index is 0.00811. The van der Waals surface area contributed by atoms with Crippen molar-refractivity contribution in [1.82, 2.24) is 14.1 Å². The highest BCUT2D eigenvalue weighted by Gasteiger charge is 2.39. The number of carboxylic acids is 1. The van der Waals surface area contributed by atoms with Gasteiger partial charge in [-0.25, -0.2) is 8.42 Å². The molecule has 2 atom stereocenters. The third kappa shape index (κ3) is 3.98. The molecule has 0 unspecified atom stereocenters. The van der Waals surface area contributed by atoms with Crippen molar-refractivity contribution in [2.24, 2.45) is 5.92 Å². The third-order valence-electron chi connectivity index (χ3n) is 5.96. The van der Waals surface area contributed by atoms with Gasteiger partial charge in [-0.3, -0.25) is 9.48 Å². The van der Waals surface area contributed by atoms with Gasteiger partial charge in [0.2, 0.25) is 10.0 Å². The Hall–Kier alpha value is -2.91. The van der Waals surface area contributed by atoms with Crippen LogP contribution < -0.4 is 4.74 Å². The van der Waals surface area contributed by atoms with Crippen molar-refractivity contribution in [3.05, 3.63) is 53.7 Å². The number of aryl methyl sites for hydroxylation is 1. The lowest BCUT2D eigenvalue weighted by Crippen LogP contribution is -2.29. The summed E-state index contributed by atoms with van der Waals surface area (Å²) < 4.78 is 35.3. The van der Waals surface area contributed by atoms with Crippen LogP contribution in [-0.2, 0) is 21.2 Å². The van der Waals surface area contributed by atoms with E-state index in [1.54, 1.807) is 24.3 Å². The summed E-state index contributed by atoms with van der Waals surface area (Å²) in [6.45, 7) is 6.95. The first kappa shape index (κ1) is 22.3. The number of hydrogen-bond donors (Lipinski definition) is 1. The van der Waals surface area contributed by atoms with Crippen LogP contribution >= 0.6 is 0 Å². The van der Waals surface area contributed by atoms with Crippen molar-refractivity contribution in [3.8, 4) is 5.75 Å². The van der Waals surface area contributed by atoms with Crippen molar-refractivity contribution >= 4 is 26.9 Å². The molecule has 1 N–H and O–H groups in total. The molecule has 2 heterocycles. The van der Waals surface area contributed by atoms with Gasteiger partial charge >= 0.3 is 5.97 Å². The molecule has 1 aliphatic heterocycles. The van der Waals surface area contributed by atoms with E-state index in [9.17, 15) is 18.3 Å². The van der Waals surface area contributed by atoms with E-state index in [-0.39, 0.29) is 29.8 Å². The number of rotatable bonds is 7. The second-order valence-corrected chi connectivity index (χ2v) is 10.1. The SMILES string of the molecule is CCOc1ccc(S(=O)(=O)N2C[C@@H](C)[C@@H](n3nc(CC(=O)O)c4c(C)cccc43)C2)cc1. The van der Waals surface area contributed by atoms with Gasteiger partial charge in [0.15, 0.2) is 0 Å². The maximum Gasteiger partial charge on any atom is 0.309 e. The molecule has 8 nitrogen and oxygen atoms in total. The Morgan fingerprint density at radius 3 is 2.56 bits per heavy atom. The molecule has 0 radical (unpaired) electrons. The minimum atomic E-state index is -3.68. The molecule has 1 aliphatic rings. The van der Waals surface area contributed by atoms with Crippen molar-refractivity contribution in [3.63, 3.8) is 0 Å². The van der Waals surface area contributed by atoms with E-state index >= 15 is 0 Å². The van der Waals surface area contributed by atoms with Gasteiger partial charge in [0.25, 0.3) is 0 Å². The van der Waals surface area contributed by atoms with Crippen LogP contribution in [0.15, 0.2) is 47.4 Å². The number of fused-ring (bicyclic) bond motifs is 1. The molecule has 2 aromatic carbocycles. The number of nitrogens with zero attached hydrogens (tertiary/aromatic N) is 3. The maximum absolute atomic E-state index is 13.3. The summed E-state index contributed by atoms with van der Waals surface area (Å²) in [6, 6.07) is 12.0. The number of aromatic nitrogens is 2.